The highest BCUT2D eigenvalue weighted by Crippen LogP contribution is 2.77. The highest BCUT2D eigenvalue weighted by atomic mass is 16.1. The second kappa shape index (κ2) is 6.82. The number of hydrogen-bond acceptors (Lipinski definition) is 3. The zero-order valence-electron chi connectivity index (χ0n) is 22.2. The van der Waals surface area contributed by atoms with Crippen LogP contribution in [0.4, 0.5) is 0 Å². The molecule has 0 heterocycles. The zero-order chi connectivity index (χ0) is 24.2. The van der Waals surface area contributed by atoms with E-state index in [0.717, 1.165) is 57.8 Å². The van der Waals surface area contributed by atoms with E-state index >= 15 is 0 Å². The zero-order valence-corrected chi connectivity index (χ0v) is 22.2. The van der Waals surface area contributed by atoms with Gasteiger partial charge in [-0.3, -0.25) is 9.59 Å². The second-order valence-electron chi connectivity index (χ2n) is 14.8. The molecule has 0 spiro atoms. The minimum atomic E-state index is -0.288. The Labute approximate surface area is 201 Å². The van der Waals surface area contributed by atoms with E-state index in [1.807, 2.05) is 0 Å². The van der Waals surface area contributed by atoms with Gasteiger partial charge in [0.1, 0.15) is 17.9 Å². The van der Waals surface area contributed by atoms with Crippen LogP contribution in [-0.4, -0.2) is 17.9 Å². The lowest BCUT2D eigenvalue weighted by atomic mass is 9.30. The number of Topliss-reactive ketones (excluding diaryl/α,β-unsaturated/α-hetero) is 2. The standard InChI is InChI=1S/C30H46O3/c1-19-20(32)8-9-21-27(19,5)11-10-22-28(6)13-12-26(4)17-24(33)25(2,3)16-23(26)29(28,7)14-15-30(21,22)18-31/h18-19,21-23H,8-17H2,1-7H3. The molecule has 0 radical (unpaired) electrons. The van der Waals surface area contributed by atoms with Crippen LogP contribution in [0.25, 0.3) is 0 Å². The van der Waals surface area contributed by atoms with E-state index in [9.17, 15) is 14.4 Å². The van der Waals surface area contributed by atoms with Crippen molar-refractivity contribution in [1.29, 1.82) is 0 Å². The topological polar surface area (TPSA) is 51.2 Å². The Morgan fingerprint density at radius 2 is 1.42 bits per heavy atom. The number of aldehydes is 1. The van der Waals surface area contributed by atoms with E-state index in [2.05, 4.69) is 48.5 Å². The molecule has 5 rings (SSSR count). The first-order chi connectivity index (χ1) is 15.2. The largest absolute Gasteiger partial charge is 0.303 e. The van der Waals surface area contributed by atoms with Gasteiger partial charge in [0.05, 0.1) is 0 Å². The summed E-state index contributed by atoms with van der Waals surface area (Å²) in [5.74, 6) is 2.16. The molecular formula is C30H46O3. The first-order valence-electron chi connectivity index (χ1n) is 13.7. The molecule has 0 amide bonds. The SMILES string of the molecule is CC1C(=O)CCC2C1(C)CCC1C2(C=O)CCC2(C)C3CC(C)(C)C(=O)CC3(C)CCC12C. The number of ketones is 2. The van der Waals surface area contributed by atoms with Gasteiger partial charge in [-0.25, -0.2) is 0 Å². The maximum absolute atomic E-state index is 13.2. The Bertz CT molecular complexity index is 904. The molecular weight excluding hydrogens is 408 g/mol. The van der Waals surface area contributed by atoms with Crippen molar-refractivity contribution in [2.75, 3.05) is 0 Å². The van der Waals surface area contributed by atoms with Crippen molar-refractivity contribution in [2.45, 2.75) is 113 Å². The molecule has 0 aromatic heterocycles. The third kappa shape index (κ3) is 2.72. The van der Waals surface area contributed by atoms with Crippen molar-refractivity contribution in [2.24, 2.45) is 56.2 Å². The highest BCUT2D eigenvalue weighted by Gasteiger charge is 2.72. The molecule has 0 aromatic carbocycles. The number of fused-ring (bicyclic) bond motifs is 7. The molecule has 184 valence electrons. The summed E-state index contributed by atoms with van der Waals surface area (Å²) in [6.45, 7) is 16.2. The van der Waals surface area contributed by atoms with Crippen molar-refractivity contribution < 1.29 is 14.4 Å². The molecule has 0 bridgehead atoms. The van der Waals surface area contributed by atoms with Gasteiger partial charge in [0.15, 0.2) is 0 Å². The van der Waals surface area contributed by atoms with E-state index < -0.39 is 0 Å². The molecule has 3 heteroatoms. The van der Waals surface area contributed by atoms with Crippen molar-refractivity contribution in [1.82, 2.24) is 0 Å². The van der Waals surface area contributed by atoms with Crippen LogP contribution in [0.2, 0.25) is 0 Å². The molecule has 0 saturated heterocycles. The van der Waals surface area contributed by atoms with Gasteiger partial charge in [-0.15, -0.1) is 0 Å². The van der Waals surface area contributed by atoms with Gasteiger partial charge in [-0.1, -0.05) is 48.5 Å². The summed E-state index contributed by atoms with van der Waals surface area (Å²) in [4.78, 5) is 38.9. The quantitative estimate of drug-likeness (QED) is 0.409. The van der Waals surface area contributed by atoms with Gasteiger partial charge >= 0.3 is 0 Å². The minimum absolute atomic E-state index is 0.0424. The normalized spacial score (nSPS) is 55.6. The third-order valence-electron chi connectivity index (χ3n) is 13.4. The summed E-state index contributed by atoms with van der Waals surface area (Å²) >= 11 is 0. The molecule has 9 atom stereocenters. The van der Waals surface area contributed by atoms with Gasteiger partial charge in [-0.05, 0) is 90.8 Å². The minimum Gasteiger partial charge on any atom is -0.303 e. The Balaban J connectivity index is 1.58. The van der Waals surface area contributed by atoms with Crippen LogP contribution in [-0.2, 0) is 14.4 Å². The van der Waals surface area contributed by atoms with Crippen molar-refractivity contribution in [3.8, 4) is 0 Å². The lowest BCUT2D eigenvalue weighted by Crippen LogP contribution is -2.69. The van der Waals surface area contributed by atoms with E-state index in [0.29, 0.717) is 35.7 Å². The molecule has 9 unspecified atom stereocenters. The summed E-state index contributed by atoms with van der Waals surface area (Å²) < 4.78 is 0. The maximum Gasteiger partial charge on any atom is 0.139 e. The molecule has 5 aliphatic rings. The number of hydrogen-bond donors (Lipinski definition) is 0. The van der Waals surface area contributed by atoms with Crippen molar-refractivity contribution in [3.05, 3.63) is 0 Å². The van der Waals surface area contributed by atoms with Crippen LogP contribution in [0.15, 0.2) is 0 Å². The highest BCUT2D eigenvalue weighted by molar-refractivity contribution is 5.86. The fraction of sp³-hybridized carbons (Fsp3) is 0.900. The maximum atomic E-state index is 13.2. The predicted molar refractivity (Wildman–Crippen MR) is 131 cm³/mol. The smallest absolute Gasteiger partial charge is 0.139 e. The van der Waals surface area contributed by atoms with E-state index in [1.54, 1.807) is 0 Å². The lowest BCUT2D eigenvalue weighted by molar-refractivity contribution is -0.248. The van der Waals surface area contributed by atoms with Crippen molar-refractivity contribution in [3.63, 3.8) is 0 Å². The predicted octanol–water partition coefficient (Wildman–Crippen LogP) is 6.82. The lowest BCUT2D eigenvalue weighted by Gasteiger charge is -2.74. The monoisotopic (exact) mass is 454 g/mol. The van der Waals surface area contributed by atoms with E-state index in [4.69, 9.17) is 0 Å². The summed E-state index contributed by atoms with van der Waals surface area (Å²) in [7, 11) is 0. The van der Waals surface area contributed by atoms with Gasteiger partial charge in [0.2, 0.25) is 0 Å². The number of carbonyl (C=O) groups is 3. The van der Waals surface area contributed by atoms with Gasteiger partial charge < -0.3 is 4.79 Å². The molecule has 0 aromatic rings. The molecule has 5 fully saturated rings. The van der Waals surface area contributed by atoms with Gasteiger partial charge in [-0.2, -0.15) is 0 Å². The van der Waals surface area contributed by atoms with Crippen LogP contribution in [0.1, 0.15) is 113 Å². The van der Waals surface area contributed by atoms with Crippen LogP contribution < -0.4 is 0 Å². The van der Waals surface area contributed by atoms with Gasteiger partial charge in [0.25, 0.3) is 0 Å². The van der Waals surface area contributed by atoms with Crippen LogP contribution in [0, 0.1) is 56.2 Å². The van der Waals surface area contributed by atoms with Crippen LogP contribution >= 0.6 is 0 Å². The average Bonchev–Trinajstić information content (AvgIpc) is 2.75. The summed E-state index contributed by atoms with van der Waals surface area (Å²) in [5, 5.41) is 0. The number of carbonyl (C=O) groups excluding carboxylic acids is 3. The Kier molecular flexibility index (Phi) is 4.90. The Hall–Kier alpha value is -0.990. The van der Waals surface area contributed by atoms with Crippen LogP contribution in [0.5, 0.6) is 0 Å². The molecule has 33 heavy (non-hydrogen) atoms. The molecule has 0 aliphatic heterocycles. The fourth-order valence-corrected chi connectivity index (χ4v) is 10.8. The first-order valence-corrected chi connectivity index (χ1v) is 13.7. The summed E-state index contributed by atoms with van der Waals surface area (Å²) in [5.41, 5.74) is -0.215. The molecule has 3 nitrogen and oxygen atoms in total. The Morgan fingerprint density at radius 3 is 2.09 bits per heavy atom. The molecule has 5 aliphatic carbocycles. The number of rotatable bonds is 1. The molecule has 0 N–H and O–H groups in total. The fourth-order valence-electron chi connectivity index (χ4n) is 10.8. The average molecular weight is 455 g/mol. The summed E-state index contributed by atoms with van der Waals surface area (Å²) in [6.07, 6.45) is 11.1. The third-order valence-corrected chi connectivity index (χ3v) is 13.4. The summed E-state index contributed by atoms with van der Waals surface area (Å²) in [6, 6.07) is 0. The van der Waals surface area contributed by atoms with Crippen LogP contribution in [0.3, 0.4) is 0 Å². The second-order valence-corrected chi connectivity index (χ2v) is 14.8. The van der Waals surface area contributed by atoms with Gasteiger partial charge in [0, 0.05) is 29.6 Å². The Morgan fingerprint density at radius 1 is 0.788 bits per heavy atom. The first kappa shape index (κ1) is 23.7. The van der Waals surface area contributed by atoms with E-state index in [-0.39, 0.29) is 38.4 Å². The molecule has 5 saturated carbocycles. The van der Waals surface area contributed by atoms with Crippen molar-refractivity contribution >= 4 is 17.9 Å². The van der Waals surface area contributed by atoms with E-state index in [1.165, 1.54) is 6.29 Å².